The van der Waals surface area contributed by atoms with Gasteiger partial charge in [0.05, 0.1) is 17.9 Å². The average molecular weight is 366 g/mol. The molecule has 9 heteroatoms. The highest BCUT2D eigenvalue weighted by molar-refractivity contribution is 6.32. The molecule has 134 valence electrons. The fourth-order valence-electron chi connectivity index (χ4n) is 2.93. The van der Waals surface area contributed by atoms with Crippen molar-refractivity contribution in [3.8, 4) is 0 Å². The molecular weight excluding hydrogens is 346 g/mol. The van der Waals surface area contributed by atoms with Crippen molar-refractivity contribution in [1.29, 1.82) is 0 Å². The predicted molar refractivity (Wildman–Crippen MR) is 91.8 cm³/mol. The van der Waals surface area contributed by atoms with E-state index in [1.165, 1.54) is 0 Å². The van der Waals surface area contributed by atoms with E-state index in [4.69, 9.17) is 16.3 Å². The Balaban J connectivity index is 1.86. The number of aromatic nitrogens is 4. The molecule has 2 aromatic rings. The van der Waals surface area contributed by atoms with E-state index < -0.39 is 5.60 Å². The van der Waals surface area contributed by atoms with Gasteiger partial charge >= 0.3 is 6.09 Å². The van der Waals surface area contributed by atoms with E-state index in [0.29, 0.717) is 30.5 Å². The third-order valence-electron chi connectivity index (χ3n) is 4.04. The summed E-state index contributed by atoms with van der Waals surface area (Å²) in [4.78, 5) is 29.5. The monoisotopic (exact) mass is 365 g/mol. The summed E-state index contributed by atoms with van der Waals surface area (Å²) in [7, 11) is 0. The maximum atomic E-state index is 12.3. The van der Waals surface area contributed by atoms with Gasteiger partial charge in [-0.1, -0.05) is 11.6 Å². The highest BCUT2D eigenvalue weighted by Gasteiger charge is 2.29. The first-order valence-electron chi connectivity index (χ1n) is 8.12. The highest BCUT2D eigenvalue weighted by atomic mass is 35.5. The minimum Gasteiger partial charge on any atom is -0.444 e. The molecule has 3 heterocycles. The minimum absolute atomic E-state index is 0.0127. The topological polar surface area (TPSA) is 90.2 Å². The largest absolute Gasteiger partial charge is 0.444 e. The number of hydrogen-bond acceptors (Lipinski definition) is 6. The number of aldehydes is 1. The second-order valence-electron chi connectivity index (χ2n) is 7.07. The number of ether oxygens (including phenoxy) is 1. The van der Waals surface area contributed by atoms with E-state index >= 15 is 0 Å². The zero-order valence-corrected chi connectivity index (χ0v) is 15.2. The molecule has 3 rings (SSSR count). The molecule has 1 atom stereocenters. The summed E-state index contributed by atoms with van der Waals surface area (Å²) in [5, 5.41) is 7.94. The number of rotatable bonds is 2. The number of amides is 1. The van der Waals surface area contributed by atoms with E-state index in [1.807, 2.05) is 25.3 Å². The third kappa shape index (κ3) is 3.58. The molecule has 2 aromatic heterocycles. The summed E-state index contributed by atoms with van der Waals surface area (Å²) in [5.41, 5.74) is 0.601. The zero-order chi connectivity index (χ0) is 18.2. The van der Waals surface area contributed by atoms with E-state index in [2.05, 4.69) is 15.2 Å². The van der Waals surface area contributed by atoms with Crippen LogP contribution in [0.4, 0.5) is 4.79 Å². The molecule has 0 spiro atoms. The second-order valence-corrected chi connectivity index (χ2v) is 7.43. The van der Waals surface area contributed by atoms with Crippen LogP contribution in [0.2, 0.25) is 5.15 Å². The fourth-order valence-corrected chi connectivity index (χ4v) is 3.10. The van der Waals surface area contributed by atoms with Crippen LogP contribution in [0, 0.1) is 0 Å². The van der Waals surface area contributed by atoms with E-state index in [-0.39, 0.29) is 22.9 Å². The van der Waals surface area contributed by atoms with Crippen LogP contribution in [-0.2, 0) is 4.74 Å². The Bertz CT molecular complexity index is 814. The minimum atomic E-state index is -0.535. The van der Waals surface area contributed by atoms with Crippen LogP contribution >= 0.6 is 11.6 Å². The predicted octanol–water partition coefficient (Wildman–Crippen LogP) is 2.86. The first-order chi connectivity index (χ1) is 11.8. The van der Waals surface area contributed by atoms with E-state index in [9.17, 15) is 9.59 Å². The Labute approximate surface area is 150 Å². The summed E-state index contributed by atoms with van der Waals surface area (Å²) in [6.07, 6.45) is 3.62. The first kappa shape index (κ1) is 17.6. The number of imidazole rings is 1. The van der Waals surface area contributed by atoms with E-state index in [0.717, 1.165) is 12.8 Å². The summed E-state index contributed by atoms with van der Waals surface area (Å²) in [6, 6.07) is -0.0127. The van der Waals surface area contributed by atoms with Gasteiger partial charge in [0.25, 0.3) is 0 Å². The summed E-state index contributed by atoms with van der Waals surface area (Å²) in [6.45, 7) is 6.66. The van der Waals surface area contributed by atoms with Crippen molar-refractivity contribution in [2.24, 2.45) is 0 Å². The zero-order valence-electron chi connectivity index (χ0n) is 14.4. The molecule has 1 aliphatic rings. The lowest BCUT2D eigenvalue weighted by Gasteiger charge is -2.34. The number of carbonyl (C=O) groups is 2. The van der Waals surface area contributed by atoms with Gasteiger partial charge in [-0.05, 0) is 33.6 Å². The van der Waals surface area contributed by atoms with Crippen LogP contribution in [0.5, 0.6) is 0 Å². The number of nitrogens with zero attached hydrogens (tertiary/aromatic N) is 5. The molecule has 1 aliphatic heterocycles. The Morgan fingerprint density at radius 2 is 2.16 bits per heavy atom. The number of likely N-dealkylation sites (tertiary alicyclic amines) is 1. The molecule has 25 heavy (non-hydrogen) atoms. The van der Waals surface area contributed by atoms with Crippen LogP contribution in [0.3, 0.4) is 0 Å². The highest BCUT2D eigenvalue weighted by Crippen LogP contribution is 2.27. The number of carbonyl (C=O) groups excluding carboxylic acids is 2. The van der Waals surface area contributed by atoms with Crippen molar-refractivity contribution in [2.45, 2.75) is 45.3 Å². The Morgan fingerprint density at radius 1 is 1.40 bits per heavy atom. The van der Waals surface area contributed by atoms with Crippen LogP contribution in [0.15, 0.2) is 6.33 Å². The molecule has 1 saturated heterocycles. The van der Waals surface area contributed by atoms with Crippen molar-refractivity contribution in [1.82, 2.24) is 24.6 Å². The van der Waals surface area contributed by atoms with Crippen molar-refractivity contribution in [2.75, 3.05) is 13.1 Å². The molecule has 0 radical (unpaired) electrons. The molecule has 1 fully saturated rings. The standard InChI is InChI=1S/C16H20ClN5O3/c1-16(2,3)25-15(24)21-6-4-5-10(7-21)22-9-18-12-11(8-23)13(17)19-20-14(12)22/h8-10H,4-7H2,1-3H3/t10-/m1/s1. The number of fused-ring (bicyclic) bond motifs is 1. The molecule has 0 bridgehead atoms. The average Bonchev–Trinajstić information content (AvgIpc) is 2.97. The quantitative estimate of drug-likeness (QED) is 0.760. The lowest BCUT2D eigenvalue weighted by molar-refractivity contribution is 0.0174. The van der Waals surface area contributed by atoms with Gasteiger partial charge < -0.3 is 14.2 Å². The van der Waals surface area contributed by atoms with E-state index in [1.54, 1.807) is 11.2 Å². The van der Waals surface area contributed by atoms with Crippen LogP contribution in [0.25, 0.3) is 11.2 Å². The molecule has 0 unspecified atom stereocenters. The first-order valence-corrected chi connectivity index (χ1v) is 8.50. The summed E-state index contributed by atoms with van der Waals surface area (Å²) < 4.78 is 7.30. The van der Waals surface area contributed by atoms with Gasteiger partial charge in [0.2, 0.25) is 0 Å². The number of hydrogen-bond donors (Lipinski definition) is 0. The van der Waals surface area contributed by atoms with Crippen LogP contribution < -0.4 is 0 Å². The molecule has 0 aliphatic carbocycles. The maximum Gasteiger partial charge on any atom is 0.410 e. The smallest absolute Gasteiger partial charge is 0.410 e. The molecule has 0 aromatic carbocycles. The van der Waals surface area contributed by atoms with Gasteiger partial charge in [0.15, 0.2) is 17.1 Å². The van der Waals surface area contributed by atoms with Gasteiger partial charge in [0.1, 0.15) is 11.1 Å². The van der Waals surface area contributed by atoms with Crippen molar-refractivity contribution >= 4 is 35.1 Å². The third-order valence-corrected chi connectivity index (χ3v) is 4.32. The van der Waals surface area contributed by atoms with Gasteiger partial charge in [0, 0.05) is 13.1 Å². The Hall–Kier alpha value is -2.22. The Morgan fingerprint density at radius 3 is 2.84 bits per heavy atom. The SMILES string of the molecule is CC(C)(C)OC(=O)N1CCC[C@@H](n2cnc3c(C=O)c(Cl)nnc32)C1. The molecular formula is C16H20ClN5O3. The van der Waals surface area contributed by atoms with Gasteiger partial charge in [-0.3, -0.25) is 4.79 Å². The summed E-state index contributed by atoms with van der Waals surface area (Å²) >= 11 is 5.90. The molecule has 1 amide bonds. The lowest BCUT2D eigenvalue weighted by atomic mass is 10.1. The van der Waals surface area contributed by atoms with Crippen LogP contribution in [-0.4, -0.2) is 55.7 Å². The van der Waals surface area contributed by atoms with Crippen molar-refractivity contribution in [3.05, 3.63) is 17.0 Å². The Kier molecular flexibility index (Phi) is 4.64. The molecule has 8 nitrogen and oxygen atoms in total. The number of piperidine rings is 1. The van der Waals surface area contributed by atoms with Crippen molar-refractivity contribution < 1.29 is 14.3 Å². The van der Waals surface area contributed by atoms with Crippen LogP contribution in [0.1, 0.15) is 50.0 Å². The molecule has 0 saturated carbocycles. The molecule has 0 N–H and O–H groups in total. The van der Waals surface area contributed by atoms with Crippen molar-refractivity contribution in [3.63, 3.8) is 0 Å². The second kappa shape index (κ2) is 6.59. The summed E-state index contributed by atoms with van der Waals surface area (Å²) in [5.74, 6) is 0. The maximum absolute atomic E-state index is 12.3. The fraction of sp³-hybridized carbons (Fsp3) is 0.562. The normalized spacial score (nSPS) is 18.4. The lowest BCUT2D eigenvalue weighted by Crippen LogP contribution is -2.43. The van der Waals surface area contributed by atoms with Gasteiger partial charge in [-0.15, -0.1) is 10.2 Å². The van der Waals surface area contributed by atoms with Gasteiger partial charge in [-0.25, -0.2) is 9.78 Å². The van der Waals surface area contributed by atoms with Gasteiger partial charge in [-0.2, -0.15) is 0 Å². The number of halogens is 1.